The van der Waals surface area contributed by atoms with Crippen LogP contribution in [0.15, 0.2) is 12.1 Å². The van der Waals surface area contributed by atoms with E-state index in [9.17, 15) is 4.39 Å². The molecule has 1 aliphatic rings. The summed E-state index contributed by atoms with van der Waals surface area (Å²) >= 11 is 5.82. The van der Waals surface area contributed by atoms with Crippen molar-refractivity contribution < 1.29 is 9.13 Å². The smallest absolute Gasteiger partial charge is 0.201 e. The Morgan fingerprint density at radius 1 is 1.40 bits per heavy atom. The zero-order chi connectivity index (χ0) is 14.1. The summed E-state index contributed by atoms with van der Waals surface area (Å²) < 4.78 is 21.0. The van der Waals surface area contributed by atoms with Crippen LogP contribution in [0, 0.1) is 5.82 Å². The number of aromatic nitrogens is 2. The predicted molar refractivity (Wildman–Crippen MR) is 77.3 cm³/mol. The third kappa shape index (κ3) is 2.60. The Balaban J connectivity index is 1.76. The fourth-order valence-corrected chi connectivity index (χ4v) is 2.90. The van der Waals surface area contributed by atoms with E-state index in [1.165, 1.54) is 18.9 Å². The van der Waals surface area contributed by atoms with Crippen LogP contribution in [0.25, 0.3) is 11.0 Å². The van der Waals surface area contributed by atoms with E-state index in [2.05, 4.69) is 4.98 Å². The topological polar surface area (TPSA) is 53.1 Å². The fraction of sp³-hybridized carbons (Fsp3) is 0.500. The number of hydrogen-bond acceptors (Lipinski definition) is 3. The van der Waals surface area contributed by atoms with E-state index in [1.807, 2.05) is 4.57 Å². The molecule has 1 aromatic heterocycles. The van der Waals surface area contributed by atoms with E-state index < -0.39 is 5.82 Å². The van der Waals surface area contributed by atoms with Crippen LogP contribution < -0.4 is 5.73 Å². The van der Waals surface area contributed by atoms with Crippen LogP contribution in [0.4, 0.5) is 10.3 Å². The Morgan fingerprint density at radius 3 is 2.90 bits per heavy atom. The molecule has 3 rings (SSSR count). The van der Waals surface area contributed by atoms with E-state index in [-0.39, 0.29) is 5.02 Å². The van der Waals surface area contributed by atoms with Crippen LogP contribution in [0.1, 0.15) is 25.7 Å². The summed E-state index contributed by atoms with van der Waals surface area (Å²) in [5.74, 6) is -0.122. The molecule has 1 aliphatic carbocycles. The first-order valence-corrected chi connectivity index (χ1v) is 7.25. The number of fused-ring (bicyclic) bond motifs is 1. The van der Waals surface area contributed by atoms with Crippen LogP contribution in [-0.4, -0.2) is 22.3 Å². The molecule has 2 N–H and O–H groups in total. The molecule has 0 atom stereocenters. The number of nitrogens with zero attached hydrogens (tertiary/aromatic N) is 2. The number of benzene rings is 1. The number of halogens is 2. The quantitative estimate of drug-likeness (QED) is 0.941. The number of nitrogens with two attached hydrogens (primary N) is 1. The van der Waals surface area contributed by atoms with Crippen molar-refractivity contribution in [3.63, 3.8) is 0 Å². The maximum absolute atomic E-state index is 13.4. The molecule has 0 saturated heterocycles. The molecule has 0 aliphatic heterocycles. The highest BCUT2D eigenvalue weighted by Crippen LogP contribution is 2.25. The number of hydrogen-bond donors (Lipinski definition) is 1. The zero-order valence-electron chi connectivity index (χ0n) is 11.1. The highest BCUT2D eigenvalue weighted by atomic mass is 35.5. The Morgan fingerprint density at radius 2 is 2.15 bits per heavy atom. The highest BCUT2D eigenvalue weighted by Gasteiger charge is 2.16. The third-order valence-corrected chi connectivity index (χ3v) is 4.08. The van der Waals surface area contributed by atoms with E-state index in [0.29, 0.717) is 30.7 Å². The third-order valence-electron chi connectivity index (χ3n) is 3.79. The average molecular weight is 298 g/mol. The summed E-state index contributed by atoms with van der Waals surface area (Å²) in [7, 11) is 0. The van der Waals surface area contributed by atoms with Crippen LogP contribution >= 0.6 is 11.6 Å². The van der Waals surface area contributed by atoms with Crippen LogP contribution in [0.5, 0.6) is 0 Å². The van der Waals surface area contributed by atoms with Gasteiger partial charge in [-0.2, -0.15) is 0 Å². The SMILES string of the molecule is Nc1nc2cc(F)c(Cl)cc2n1CCOC1CCCC1. The van der Waals surface area contributed by atoms with Gasteiger partial charge in [-0.05, 0) is 18.9 Å². The van der Waals surface area contributed by atoms with Crippen molar-refractivity contribution in [1.29, 1.82) is 0 Å². The van der Waals surface area contributed by atoms with Gasteiger partial charge in [0.1, 0.15) is 5.82 Å². The minimum Gasteiger partial charge on any atom is -0.376 e. The molecule has 1 aromatic carbocycles. The van der Waals surface area contributed by atoms with Crippen molar-refractivity contribution in [3.05, 3.63) is 23.0 Å². The Hall–Kier alpha value is -1.33. The van der Waals surface area contributed by atoms with Crippen molar-refractivity contribution in [2.75, 3.05) is 12.3 Å². The van der Waals surface area contributed by atoms with Gasteiger partial charge >= 0.3 is 0 Å². The van der Waals surface area contributed by atoms with E-state index in [1.54, 1.807) is 6.07 Å². The molecular formula is C14H17ClFN3O. The van der Waals surface area contributed by atoms with Gasteiger partial charge in [-0.3, -0.25) is 0 Å². The number of anilines is 1. The van der Waals surface area contributed by atoms with Gasteiger partial charge in [-0.1, -0.05) is 24.4 Å². The number of imidazole rings is 1. The van der Waals surface area contributed by atoms with Gasteiger partial charge < -0.3 is 15.0 Å². The first kappa shape index (κ1) is 13.6. The van der Waals surface area contributed by atoms with Crippen molar-refractivity contribution >= 4 is 28.6 Å². The second-order valence-corrected chi connectivity index (χ2v) is 5.56. The van der Waals surface area contributed by atoms with Crippen LogP contribution in [0.3, 0.4) is 0 Å². The molecule has 2 aromatic rings. The largest absolute Gasteiger partial charge is 0.376 e. The number of rotatable bonds is 4. The normalized spacial score (nSPS) is 16.3. The first-order chi connectivity index (χ1) is 9.65. The van der Waals surface area contributed by atoms with Crippen molar-refractivity contribution in [1.82, 2.24) is 9.55 Å². The van der Waals surface area contributed by atoms with Gasteiger partial charge in [0, 0.05) is 12.6 Å². The van der Waals surface area contributed by atoms with E-state index >= 15 is 0 Å². The lowest BCUT2D eigenvalue weighted by Crippen LogP contribution is -2.14. The maximum atomic E-state index is 13.4. The number of nitrogen functional groups attached to an aromatic ring is 1. The van der Waals surface area contributed by atoms with Gasteiger partial charge in [-0.25, -0.2) is 9.37 Å². The second-order valence-electron chi connectivity index (χ2n) is 5.15. The van der Waals surface area contributed by atoms with Gasteiger partial charge in [0.15, 0.2) is 0 Å². The predicted octanol–water partition coefficient (Wildman–Crippen LogP) is 3.37. The molecule has 108 valence electrons. The molecule has 1 saturated carbocycles. The van der Waals surface area contributed by atoms with Crippen molar-refractivity contribution in [2.45, 2.75) is 38.3 Å². The molecule has 0 radical (unpaired) electrons. The second kappa shape index (κ2) is 5.58. The lowest BCUT2D eigenvalue weighted by atomic mass is 10.3. The molecular weight excluding hydrogens is 281 g/mol. The van der Waals surface area contributed by atoms with E-state index in [4.69, 9.17) is 22.1 Å². The molecule has 0 amide bonds. The highest BCUT2D eigenvalue weighted by molar-refractivity contribution is 6.31. The molecule has 0 spiro atoms. The Bertz CT molecular complexity index is 622. The van der Waals surface area contributed by atoms with Gasteiger partial charge in [0.2, 0.25) is 5.95 Å². The molecule has 0 unspecified atom stereocenters. The molecule has 6 heteroatoms. The zero-order valence-corrected chi connectivity index (χ0v) is 11.9. The van der Waals surface area contributed by atoms with Gasteiger partial charge in [-0.15, -0.1) is 0 Å². The molecule has 4 nitrogen and oxygen atoms in total. The summed E-state index contributed by atoms with van der Waals surface area (Å²) in [6.07, 6.45) is 5.13. The minimum absolute atomic E-state index is 0.0790. The van der Waals surface area contributed by atoms with Crippen LogP contribution in [-0.2, 0) is 11.3 Å². The van der Waals surface area contributed by atoms with Crippen molar-refractivity contribution in [2.24, 2.45) is 0 Å². The Labute approximate surface area is 121 Å². The summed E-state index contributed by atoms with van der Waals surface area (Å²) in [6.45, 7) is 1.18. The molecule has 20 heavy (non-hydrogen) atoms. The minimum atomic E-state index is -0.481. The summed E-state index contributed by atoms with van der Waals surface area (Å²) in [5, 5.41) is 0.0790. The lowest BCUT2D eigenvalue weighted by molar-refractivity contribution is 0.0537. The summed E-state index contributed by atoms with van der Waals surface area (Å²) in [5.41, 5.74) is 7.14. The lowest BCUT2D eigenvalue weighted by Gasteiger charge is -2.12. The Kier molecular flexibility index (Phi) is 3.81. The molecule has 0 bridgehead atoms. The van der Waals surface area contributed by atoms with Crippen LogP contribution in [0.2, 0.25) is 5.02 Å². The monoisotopic (exact) mass is 297 g/mol. The number of ether oxygens (including phenoxy) is 1. The standard InChI is InChI=1S/C14H17ClFN3O/c15-10-7-13-12(8-11(10)16)18-14(17)19(13)5-6-20-9-3-1-2-4-9/h7-9H,1-6H2,(H2,17,18). The molecule has 1 fully saturated rings. The first-order valence-electron chi connectivity index (χ1n) is 6.87. The average Bonchev–Trinajstić information content (AvgIpc) is 3.01. The molecule has 1 heterocycles. The maximum Gasteiger partial charge on any atom is 0.201 e. The van der Waals surface area contributed by atoms with Gasteiger partial charge in [0.05, 0.1) is 28.8 Å². The van der Waals surface area contributed by atoms with E-state index in [0.717, 1.165) is 18.4 Å². The fourth-order valence-electron chi connectivity index (χ4n) is 2.74. The van der Waals surface area contributed by atoms with Gasteiger partial charge in [0.25, 0.3) is 0 Å². The van der Waals surface area contributed by atoms with Crippen molar-refractivity contribution in [3.8, 4) is 0 Å². The summed E-state index contributed by atoms with van der Waals surface area (Å²) in [6, 6.07) is 2.87. The summed E-state index contributed by atoms with van der Waals surface area (Å²) in [4.78, 5) is 4.15.